The molecule has 0 unspecified atom stereocenters. The maximum absolute atomic E-state index is 13.9. The standard InChI is InChI=1S/C26H24ClF3N4O2S/c27-19-3-1-17(21(13-19)26(28,29)30)12-20(16-2-4-22-18(11-16)14-32-33-22)23-24(35)34(25(36)37-23)10-7-15-5-8-31-9-6-15/h1-4,11,13-15,31H,5-10,12H2,(H,32,33)/b23-20-. The quantitative estimate of drug-likeness (QED) is 0.355. The van der Waals surface area contributed by atoms with Crippen LogP contribution in [0.4, 0.5) is 18.0 Å². The van der Waals surface area contributed by atoms with Crippen molar-refractivity contribution in [3.63, 3.8) is 0 Å². The Balaban J connectivity index is 1.53. The number of rotatable bonds is 6. The number of allylic oxidation sites excluding steroid dienone is 1. The number of imide groups is 1. The molecule has 2 saturated heterocycles. The summed E-state index contributed by atoms with van der Waals surface area (Å²) < 4.78 is 41.6. The molecule has 0 atom stereocenters. The van der Waals surface area contributed by atoms with Crippen molar-refractivity contribution in [1.82, 2.24) is 20.4 Å². The highest BCUT2D eigenvalue weighted by Gasteiger charge is 2.39. The van der Waals surface area contributed by atoms with Gasteiger partial charge in [-0.1, -0.05) is 23.7 Å². The number of nitrogens with one attached hydrogen (secondary N) is 2. The van der Waals surface area contributed by atoms with Crippen LogP contribution in [0.2, 0.25) is 5.02 Å². The first kappa shape index (κ1) is 25.8. The molecule has 0 aliphatic carbocycles. The number of aromatic amines is 1. The topological polar surface area (TPSA) is 78.1 Å². The monoisotopic (exact) mass is 548 g/mol. The van der Waals surface area contributed by atoms with Gasteiger partial charge >= 0.3 is 6.18 Å². The number of amides is 2. The summed E-state index contributed by atoms with van der Waals surface area (Å²) in [5.41, 5.74) is 0.776. The van der Waals surface area contributed by atoms with Crippen LogP contribution in [0.1, 0.15) is 36.0 Å². The molecule has 6 nitrogen and oxygen atoms in total. The van der Waals surface area contributed by atoms with E-state index in [1.54, 1.807) is 24.4 Å². The summed E-state index contributed by atoms with van der Waals surface area (Å²) >= 11 is 6.67. The van der Waals surface area contributed by atoms with Gasteiger partial charge in [0.15, 0.2) is 0 Å². The van der Waals surface area contributed by atoms with Crippen LogP contribution in [0.15, 0.2) is 47.5 Å². The van der Waals surface area contributed by atoms with Gasteiger partial charge in [-0.25, -0.2) is 0 Å². The molecule has 2 aliphatic rings. The molecule has 3 heterocycles. The van der Waals surface area contributed by atoms with E-state index in [9.17, 15) is 22.8 Å². The number of piperidine rings is 1. The lowest BCUT2D eigenvalue weighted by Gasteiger charge is -2.24. The highest BCUT2D eigenvalue weighted by molar-refractivity contribution is 8.18. The van der Waals surface area contributed by atoms with Crippen molar-refractivity contribution in [3.8, 4) is 0 Å². The predicted octanol–water partition coefficient (Wildman–Crippen LogP) is 6.27. The predicted molar refractivity (Wildman–Crippen MR) is 138 cm³/mol. The van der Waals surface area contributed by atoms with Gasteiger partial charge in [0.2, 0.25) is 0 Å². The Morgan fingerprint density at radius 2 is 1.92 bits per heavy atom. The van der Waals surface area contributed by atoms with E-state index in [1.165, 1.54) is 17.0 Å². The Hall–Kier alpha value is -2.82. The second kappa shape index (κ2) is 10.5. The third kappa shape index (κ3) is 5.56. The first-order valence-electron chi connectivity index (χ1n) is 12.0. The molecule has 2 fully saturated rings. The smallest absolute Gasteiger partial charge is 0.317 e. The molecule has 0 spiro atoms. The van der Waals surface area contributed by atoms with E-state index in [4.69, 9.17) is 11.6 Å². The summed E-state index contributed by atoms with van der Waals surface area (Å²) in [6.07, 6.45) is -0.548. The van der Waals surface area contributed by atoms with E-state index >= 15 is 0 Å². The Bertz CT molecular complexity index is 1380. The summed E-state index contributed by atoms with van der Waals surface area (Å²) in [4.78, 5) is 27.8. The maximum Gasteiger partial charge on any atom is 0.416 e. The average molecular weight is 549 g/mol. The van der Waals surface area contributed by atoms with Crippen LogP contribution in [0.3, 0.4) is 0 Å². The fourth-order valence-corrected chi connectivity index (χ4v) is 6.00. The molecular formula is C26H24ClF3N4O2S. The van der Waals surface area contributed by atoms with Gasteiger partial charge in [0, 0.05) is 17.0 Å². The zero-order chi connectivity index (χ0) is 26.2. The van der Waals surface area contributed by atoms with Gasteiger partial charge < -0.3 is 5.32 Å². The van der Waals surface area contributed by atoms with Crippen molar-refractivity contribution in [3.05, 3.63) is 69.2 Å². The molecule has 1 aromatic heterocycles. The third-order valence-electron chi connectivity index (χ3n) is 6.88. The number of carbonyl (C=O) groups is 2. The summed E-state index contributed by atoms with van der Waals surface area (Å²) in [5, 5.41) is 10.5. The van der Waals surface area contributed by atoms with E-state index in [2.05, 4.69) is 15.5 Å². The van der Waals surface area contributed by atoms with E-state index in [1.807, 2.05) is 0 Å². The lowest BCUT2D eigenvalue weighted by molar-refractivity contribution is -0.138. The van der Waals surface area contributed by atoms with Crippen LogP contribution in [0.25, 0.3) is 16.5 Å². The fraction of sp³-hybridized carbons (Fsp3) is 0.346. The highest BCUT2D eigenvalue weighted by Crippen LogP contribution is 2.41. The van der Waals surface area contributed by atoms with Gasteiger partial charge in [-0.3, -0.25) is 19.6 Å². The Labute approximate surface area is 220 Å². The number of thioether (sulfide) groups is 1. The number of halogens is 4. The molecule has 3 aromatic rings. The largest absolute Gasteiger partial charge is 0.416 e. The van der Waals surface area contributed by atoms with Gasteiger partial charge in [0.05, 0.1) is 22.2 Å². The average Bonchev–Trinajstić information content (AvgIpc) is 3.45. The van der Waals surface area contributed by atoms with E-state index < -0.39 is 22.9 Å². The van der Waals surface area contributed by atoms with Crippen LogP contribution in [-0.4, -0.2) is 45.9 Å². The van der Waals surface area contributed by atoms with Crippen molar-refractivity contribution < 1.29 is 22.8 Å². The number of fused-ring (bicyclic) bond motifs is 1. The van der Waals surface area contributed by atoms with Crippen molar-refractivity contribution in [2.75, 3.05) is 19.6 Å². The number of aromatic nitrogens is 2. The zero-order valence-electron chi connectivity index (χ0n) is 19.7. The Kier molecular flexibility index (Phi) is 7.33. The minimum Gasteiger partial charge on any atom is -0.317 e. The molecule has 2 aliphatic heterocycles. The number of alkyl halides is 3. The van der Waals surface area contributed by atoms with Crippen molar-refractivity contribution in [1.29, 1.82) is 0 Å². The molecule has 0 radical (unpaired) electrons. The van der Waals surface area contributed by atoms with Crippen LogP contribution in [-0.2, 0) is 17.4 Å². The van der Waals surface area contributed by atoms with Crippen molar-refractivity contribution in [2.24, 2.45) is 5.92 Å². The molecule has 37 heavy (non-hydrogen) atoms. The molecule has 5 rings (SSSR count). The molecule has 2 N–H and O–H groups in total. The minimum atomic E-state index is -4.63. The van der Waals surface area contributed by atoms with Crippen LogP contribution in [0.5, 0.6) is 0 Å². The van der Waals surface area contributed by atoms with Gasteiger partial charge in [-0.15, -0.1) is 0 Å². The number of nitrogens with zero attached hydrogens (tertiary/aromatic N) is 2. The lowest BCUT2D eigenvalue weighted by atomic mass is 9.93. The van der Waals surface area contributed by atoms with Gasteiger partial charge in [-0.2, -0.15) is 18.3 Å². The highest BCUT2D eigenvalue weighted by atomic mass is 35.5. The van der Waals surface area contributed by atoms with Crippen LogP contribution in [0, 0.1) is 5.92 Å². The molecule has 11 heteroatoms. The summed E-state index contributed by atoms with van der Waals surface area (Å²) in [6.45, 7) is 2.12. The molecular weight excluding hydrogens is 525 g/mol. The summed E-state index contributed by atoms with van der Waals surface area (Å²) in [6, 6.07) is 8.85. The van der Waals surface area contributed by atoms with Crippen molar-refractivity contribution in [2.45, 2.75) is 31.9 Å². The second-order valence-corrected chi connectivity index (χ2v) is 10.7. The van der Waals surface area contributed by atoms with Crippen molar-refractivity contribution >= 4 is 51.0 Å². The first-order chi connectivity index (χ1) is 17.7. The minimum absolute atomic E-state index is 0.0271. The van der Waals surface area contributed by atoms with E-state index in [0.29, 0.717) is 30.0 Å². The Morgan fingerprint density at radius 1 is 1.14 bits per heavy atom. The summed E-state index contributed by atoms with van der Waals surface area (Å²) in [5.74, 6) is -0.0417. The number of benzene rings is 2. The van der Waals surface area contributed by atoms with Crippen LogP contribution >= 0.6 is 23.4 Å². The Morgan fingerprint density at radius 3 is 2.68 bits per heavy atom. The third-order valence-corrected chi connectivity index (χ3v) is 8.13. The number of hydrogen-bond acceptors (Lipinski definition) is 5. The zero-order valence-corrected chi connectivity index (χ0v) is 21.3. The van der Waals surface area contributed by atoms with Gasteiger partial charge in [0.1, 0.15) is 0 Å². The SMILES string of the molecule is O=C1S/C(=C(/Cc2ccc(Cl)cc2C(F)(F)F)c2ccc3[nH]ncc3c2)C(=O)N1CCC1CCNCC1. The van der Waals surface area contributed by atoms with Gasteiger partial charge in [0.25, 0.3) is 11.1 Å². The normalized spacial score (nSPS) is 18.8. The van der Waals surface area contributed by atoms with E-state index in [-0.39, 0.29) is 21.9 Å². The maximum atomic E-state index is 13.9. The molecule has 2 aromatic carbocycles. The number of hydrogen-bond donors (Lipinski definition) is 2. The lowest BCUT2D eigenvalue weighted by Crippen LogP contribution is -2.33. The molecule has 194 valence electrons. The fourth-order valence-electron chi connectivity index (χ4n) is 4.86. The molecule has 2 amide bonds. The molecule has 0 saturated carbocycles. The first-order valence-corrected chi connectivity index (χ1v) is 13.2. The summed E-state index contributed by atoms with van der Waals surface area (Å²) in [7, 11) is 0. The number of carbonyl (C=O) groups excluding carboxylic acids is 2. The van der Waals surface area contributed by atoms with Crippen LogP contribution < -0.4 is 5.32 Å². The second-order valence-electron chi connectivity index (χ2n) is 9.26. The molecule has 0 bridgehead atoms. The number of H-pyrrole nitrogens is 1. The van der Waals surface area contributed by atoms with Gasteiger partial charge in [-0.05, 0) is 97.4 Å². The van der Waals surface area contributed by atoms with E-state index in [0.717, 1.165) is 54.7 Å².